The number of aliphatic hydroxyl groups is 3. The summed E-state index contributed by atoms with van der Waals surface area (Å²) < 4.78 is 22.5. The van der Waals surface area contributed by atoms with Crippen molar-refractivity contribution in [3.8, 4) is 0 Å². The molecule has 4 saturated heterocycles. The Kier molecular flexibility index (Phi) is 2.97. The molecule has 2 aliphatic carbocycles. The Bertz CT molecular complexity index is 925. The van der Waals surface area contributed by atoms with Gasteiger partial charge in [-0.15, -0.1) is 0 Å². The van der Waals surface area contributed by atoms with Crippen LogP contribution in [0.2, 0.25) is 0 Å². The third-order valence-corrected chi connectivity index (χ3v) is 9.00. The number of fused-ring (bicyclic) bond motifs is 1. The maximum absolute atomic E-state index is 13.4. The molecule has 6 rings (SSSR count). The number of hydrogen-bond acceptors (Lipinski definition) is 10. The minimum absolute atomic E-state index is 0.229. The molecule has 6 aliphatic rings. The molecular weight excluding hydrogens is 400 g/mol. The summed E-state index contributed by atoms with van der Waals surface area (Å²) in [6.45, 7) is 7.14. The second-order valence-corrected chi connectivity index (χ2v) is 10.7. The third-order valence-electron chi connectivity index (χ3n) is 9.00. The number of esters is 3. The van der Waals surface area contributed by atoms with E-state index in [0.717, 1.165) is 0 Å². The fraction of sp³-hybridized carbons (Fsp3) is 0.850. The Balaban J connectivity index is 1.72. The zero-order valence-corrected chi connectivity index (χ0v) is 16.9. The summed E-state index contributed by atoms with van der Waals surface area (Å²) in [5.74, 6) is -4.32. The van der Waals surface area contributed by atoms with E-state index in [9.17, 15) is 29.7 Å². The van der Waals surface area contributed by atoms with Gasteiger partial charge in [0.2, 0.25) is 11.9 Å². The van der Waals surface area contributed by atoms with Gasteiger partial charge in [0.05, 0.1) is 16.7 Å². The predicted octanol–water partition coefficient (Wildman–Crippen LogP) is -1.37. The van der Waals surface area contributed by atoms with Crippen LogP contribution in [0.5, 0.6) is 0 Å². The van der Waals surface area contributed by atoms with Crippen LogP contribution in [0.3, 0.4) is 0 Å². The van der Waals surface area contributed by atoms with Gasteiger partial charge in [-0.2, -0.15) is 0 Å². The van der Waals surface area contributed by atoms with Crippen molar-refractivity contribution in [3.05, 3.63) is 0 Å². The summed E-state index contributed by atoms with van der Waals surface area (Å²) in [4.78, 5) is 38.2. The third kappa shape index (κ3) is 1.33. The molecule has 11 atom stereocenters. The molecule has 4 aliphatic heterocycles. The minimum atomic E-state index is -2.24. The number of ether oxygens (including phenoxy) is 4. The molecule has 0 amide bonds. The van der Waals surface area contributed by atoms with Gasteiger partial charge >= 0.3 is 17.9 Å². The lowest BCUT2D eigenvalue weighted by molar-refractivity contribution is -0.239. The van der Waals surface area contributed by atoms with Crippen LogP contribution < -0.4 is 0 Å². The molecule has 10 nitrogen and oxygen atoms in total. The van der Waals surface area contributed by atoms with Crippen LogP contribution in [0.25, 0.3) is 0 Å². The molecule has 0 aromatic carbocycles. The summed E-state index contributed by atoms with van der Waals surface area (Å²) in [6, 6.07) is 0. The van der Waals surface area contributed by atoms with Crippen molar-refractivity contribution in [2.75, 3.05) is 0 Å². The predicted molar refractivity (Wildman–Crippen MR) is 92.0 cm³/mol. The van der Waals surface area contributed by atoms with Crippen molar-refractivity contribution in [1.82, 2.24) is 0 Å². The average Bonchev–Trinajstić information content (AvgIpc) is 3.35. The van der Waals surface area contributed by atoms with Gasteiger partial charge in [-0.3, -0.25) is 4.79 Å². The molecule has 0 bridgehead atoms. The fourth-order valence-corrected chi connectivity index (χ4v) is 8.12. The molecule has 0 aromatic heterocycles. The smallest absolute Gasteiger partial charge is 0.343 e. The van der Waals surface area contributed by atoms with Crippen molar-refractivity contribution in [3.63, 3.8) is 0 Å². The summed E-state index contributed by atoms with van der Waals surface area (Å²) in [5.41, 5.74) is -8.26. The topological polar surface area (TPSA) is 149 Å². The summed E-state index contributed by atoms with van der Waals surface area (Å²) in [7, 11) is 0. The number of hydrogen-bond donors (Lipinski definition) is 3. The van der Waals surface area contributed by atoms with Gasteiger partial charge in [-0.1, -0.05) is 20.8 Å². The first-order valence-electron chi connectivity index (χ1n) is 10.2. The van der Waals surface area contributed by atoms with E-state index in [2.05, 4.69) is 0 Å². The molecule has 164 valence electrons. The zero-order valence-electron chi connectivity index (χ0n) is 16.9. The number of carbonyl (C=O) groups excluding carboxylic acids is 3. The van der Waals surface area contributed by atoms with Crippen LogP contribution in [0.15, 0.2) is 0 Å². The molecule has 0 aromatic rings. The monoisotopic (exact) mass is 424 g/mol. The lowest BCUT2D eigenvalue weighted by Gasteiger charge is -2.47. The number of carbonyl (C=O) groups is 3. The van der Waals surface area contributed by atoms with E-state index in [4.69, 9.17) is 18.9 Å². The summed E-state index contributed by atoms with van der Waals surface area (Å²) in [5, 5.41) is 34.7. The van der Waals surface area contributed by atoms with E-state index < -0.39 is 87.9 Å². The molecule has 2 saturated carbocycles. The Morgan fingerprint density at radius 3 is 2.33 bits per heavy atom. The van der Waals surface area contributed by atoms with Crippen LogP contribution in [0.1, 0.15) is 34.1 Å². The SMILES string of the molecule is C[C@@H]1C(=O)O[C@H]2[C@H](O)C34C5CC(C(C)(C)C)C36[C@@H](OC(=O)[C@@H]6O)O[C@]4(C(=O)O5)[C@@]12O. The van der Waals surface area contributed by atoms with E-state index in [1.54, 1.807) is 0 Å². The Morgan fingerprint density at radius 2 is 1.70 bits per heavy atom. The second kappa shape index (κ2) is 4.69. The van der Waals surface area contributed by atoms with Gasteiger partial charge in [0.15, 0.2) is 17.8 Å². The highest BCUT2D eigenvalue weighted by Crippen LogP contribution is 2.84. The Labute approximate surface area is 171 Å². The highest BCUT2D eigenvalue weighted by atomic mass is 16.8. The maximum Gasteiger partial charge on any atom is 0.343 e. The number of rotatable bonds is 0. The molecule has 30 heavy (non-hydrogen) atoms. The lowest BCUT2D eigenvalue weighted by Crippen LogP contribution is -2.67. The van der Waals surface area contributed by atoms with E-state index in [0.29, 0.717) is 0 Å². The van der Waals surface area contributed by atoms with Gasteiger partial charge < -0.3 is 34.3 Å². The van der Waals surface area contributed by atoms with Gasteiger partial charge in [0.25, 0.3) is 0 Å². The second-order valence-electron chi connectivity index (χ2n) is 10.7. The molecule has 3 N–H and O–H groups in total. The van der Waals surface area contributed by atoms with Crippen molar-refractivity contribution in [1.29, 1.82) is 0 Å². The lowest BCUT2D eigenvalue weighted by atomic mass is 9.51. The minimum Gasteiger partial charge on any atom is -0.459 e. The van der Waals surface area contributed by atoms with Crippen LogP contribution in [0, 0.1) is 28.1 Å². The molecule has 4 heterocycles. The van der Waals surface area contributed by atoms with E-state index >= 15 is 0 Å². The average molecular weight is 424 g/mol. The first-order chi connectivity index (χ1) is 13.8. The quantitative estimate of drug-likeness (QED) is 0.314. The van der Waals surface area contributed by atoms with Gasteiger partial charge in [-0.25, -0.2) is 9.59 Å². The Hall–Kier alpha value is -1.75. The number of aliphatic hydroxyl groups excluding tert-OH is 2. The summed E-state index contributed by atoms with van der Waals surface area (Å²) >= 11 is 0. The maximum atomic E-state index is 13.4. The van der Waals surface area contributed by atoms with Crippen LogP contribution >= 0.6 is 0 Å². The van der Waals surface area contributed by atoms with Gasteiger partial charge in [0, 0.05) is 0 Å². The van der Waals surface area contributed by atoms with Crippen molar-refractivity contribution in [2.45, 2.75) is 76.0 Å². The molecule has 6 fully saturated rings. The first-order valence-corrected chi connectivity index (χ1v) is 10.2. The van der Waals surface area contributed by atoms with E-state index in [1.165, 1.54) is 6.92 Å². The van der Waals surface area contributed by atoms with Crippen LogP contribution in [-0.4, -0.2) is 75.1 Å². The van der Waals surface area contributed by atoms with Crippen molar-refractivity contribution in [2.24, 2.45) is 28.1 Å². The van der Waals surface area contributed by atoms with E-state index in [1.807, 2.05) is 20.8 Å². The first kappa shape index (κ1) is 19.0. The van der Waals surface area contributed by atoms with Gasteiger partial charge in [0.1, 0.15) is 12.2 Å². The molecule has 2 spiro atoms. The molecule has 0 radical (unpaired) electrons. The van der Waals surface area contributed by atoms with Crippen molar-refractivity contribution >= 4 is 17.9 Å². The van der Waals surface area contributed by atoms with Crippen LogP contribution in [-0.2, 0) is 33.3 Å². The summed E-state index contributed by atoms with van der Waals surface area (Å²) in [6.07, 6.45) is -6.91. The van der Waals surface area contributed by atoms with Crippen molar-refractivity contribution < 1.29 is 48.7 Å². The molecular formula is C20H24O10. The van der Waals surface area contributed by atoms with Gasteiger partial charge in [-0.05, 0) is 24.7 Å². The zero-order chi connectivity index (χ0) is 21.8. The standard InChI is InChI=1S/C20H24O10/c1-6-12(23)28-11-9(21)18-8-5-7(16(2,3)4)17(18)10(22)13(24)29-15(17)30-20(18,14(25)27-8)19(6,11)26/h6-11,15,21-22,26H,5H2,1-4H3/t6-,7?,8?,9+,10+,11+,15+,17?,18?,19-,20+/m1/s1. The highest BCUT2D eigenvalue weighted by molar-refractivity contribution is 5.94. The van der Waals surface area contributed by atoms with E-state index in [-0.39, 0.29) is 6.42 Å². The Morgan fingerprint density at radius 1 is 1.03 bits per heavy atom. The molecule has 10 heteroatoms. The largest absolute Gasteiger partial charge is 0.459 e. The fourth-order valence-electron chi connectivity index (χ4n) is 8.12. The molecule has 4 unspecified atom stereocenters. The van der Waals surface area contributed by atoms with Crippen LogP contribution in [0.4, 0.5) is 0 Å². The normalized spacial score (nSPS) is 60.1. The highest BCUT2D eigenvalue weighted by Gasteiger charge is 3.03.